The standard InChI is InChI=1S/C12H10BrF2N/c13-5-9-1-3-10(4-2-9)11(8-16)6-12(14,15)7-11/h1-4H,5-7H2. The van der Waals surface area contributed by atoms with Crippen LogP contribution in [0.15, 0.2) is 24.3 Å². The minimum absolute atomic E-state index is 0.357. The van der Waals surface area contributed by atoms with Gasteiger partial charge in [0.05, 0.1) is 11.5 Å². The third-order valence-corrected chi connectivity index (χ3v) is 3.64. The summed E-state index contributed by atoms with van der Waals surface area (Å²) < 4.78 is 25.8. The molecule has 0 radical (unpaired) electrons. The molecule has 2 rings (SSSR count). The predicted octanol–water partition coefficient (Wildman–Crippen LogP) is 3.77. The summed E-state index contributed by atoms with van der Waals surface area (Å²) in [6, 6.07) is 9.30. The van der Waals surface area contributed by atoms with E-state index in [4.69, 9.17) is 5.26 Å². The fourth-order valence-corrected chi connectivity index (χ4v) is 2.47. The van der Waals surface area contributed by atoms with Crippen molar-refractivity contribution in [2.24, 2.45) is 0 Å². The molecule has 0 atom stereocenters. The molecule has 0 heterocycles. The molecular formula is C12H10BrF2N. The second-order valence-corrected chi connectivity index (χ2v) is 4.79. The lowest BCUT2D eigenvalue weighted by atomic mass is 9.63. The number of nitrogens with zero attached hydrogens (tertiary/aromatic N) is 1. The predicted molar refractivity (Wildman–Crippen MR) is 60.5 cm³/mol. The van der Waals surface area contributed by atoms with Crippen molar-refractivity contribution in [3.63, 3.8) is 0 Å². The lowest BCUT2D eigenvalue weighted by molar-refractivity contribution is -0.109. The van der Waals surface area contributed by atoms with E-state index >= 15 is 0 Å². The summed E-state index contributed by atoms with van der Waals surface area (Å²) in [5.41, 5.74) is 0.794. The van der Waals surface area contributed by atoms with Crippen LogP contribution >= 0.6 is 15.9 Å². The van der Waals surface area contributed by atoms with Crippen molar-refractivity contribution >= 4 is 15.9 Å². The van der Waals surface area contributed by atoms with Gasteiger partial charge in [-0.05, 0) is 11.1 Å². The van der Waals surface area contributed by atoms with Crippen LogP contribution < -0.4 is 0 Å². The van der Waals surface area contributed by atoms with Crippen molar-refractivity contribution in [2.75, 3.05) is 0 Å². The van der Waals surface area contributed by atoms with Crippen molar-refractivity contribution in [1.29, 1.82) is 5.26 Å². The largest absolute Gasteiger partial charge is 0.251 e. The molecule has 84 valence electrons. The first-order valence-corrected chi connectivity index (χ1v) is 6.08. The first-order valence-electron chi connectivity index (χ1n) is 4.96. The number of rotatable bonds is 2. The molecule has 0 aliphatic heterocycles. The van der Waals surface area contributed by atoms with E-state index < -0.39 is 11.3 Å². The van der Waals surface area contributed by atoms with Crippen LogP contribution in [-0.4, -0.2) is 5.92 Å². The molecule has 1 saturated carbocycles. The highest BCUT2D eigenvalue weighted by Crippen LogP contribution is 2.52. The topological polar surface area (TPSA) is 23.8 Å². The number of nitriles is 1. The van der Waals surface area contributed by atoms with Crippen molar-refractivity contribution in [1.82, 2.24) is 0 Å². The third kappa shape index (κ3) is 1.84. The van der Waals surface area contributed by atoms with Crippen LogP contribution in [-0.2, 0) is 10.7 Å². The van der Waals surface area contributed by atoms with Gasteiger partial charge < -0.3 is 0 Å². The quantitative estimate of drug-likeness (QED) is 0.759. The number of alkyl halides is 3. The Morgan fingerprint density at radius 3 is 2.19 bits per heavy atom. The summed E-state index contributed by atoms with van der Waals surface area (Å²) in [6.45, 7) is 0. The molecule has 0 spiro atoms. The first-order chi connectivity index (χ1) is 7.51. The minimum atomic E-state index is -2.68. The van der Waals surface area contributed by atoms with Gasteiger partial charge in [-0.25, -0.2) is 8.78 Å². The van der Waals surface area contributed by atoms with Crippen LogP contribution in [0.5, 0.6) is 0 Å². The van der Waals surface area contributed by atoms with Gasteiger partial charge in [0.2, 0.25) is 0 Å². The normalized spacial score (nSPS) is 20.9. The average Bonchev–Trinajstić information content (AvgIpc) is 2.25. The molecule has 16 heavy (non-hydrogen) atoms. The van der Waals surface area contributed by atoms with Crippen LogP contribution in [0.3, 0.4) is 0 Å². The summed E-state index contributed by atoms with van der Waals surface area (Å²) in [6.07, 6.45) is -0.714. The van der Waals surface area contributed by atoms with E-state index in [0.717, 1.165) is 10.9 Å². The van der Waals surface area contributed by atoms with E-state index in [0.29, 0.717) is 5.56 Å². The summed E-state index contributed by atoms with van der Waals surface area (Å²) in [5, 5.41) is 9.78. The van der Waals surface area contributed by atoms with Gasteiger partial charge in [0.25, 0.3) is 5.92 Å². The zero-order chi connectivity index (χ0) is 11.8. The number of hydrogen-bond acceptors (Lipinski definition) is 1. The maximum absolute atomic E-state index is 12.9. The van der Waals surface area contributed by atoms with Crippen molar-refractivity contribution < 1.29 is 8.78 Å². The van der Waals surface area contributed by atoms with Crippen LogP contribution in [0.2, 0.25) is 0 Å². The number of benzene rings is 1. The zero-order valence-corrected chi connectivity index (χ0v) is 10.1. The molecule has 0 aromatic heterocycles. The fourth-order valence-electron chi connectivity index (χ4n) is 2.09. The smallest absolute Gasteiger partial charge is 0.207 e. The monoisotopic (exact) mass is 285 g/mol. The molecule has 0 N–H and O–H groups in total. The molecule has 1 fully saturated rings. The Labute approximate surface area is 101 Å². The van der Waals surface area contributed by atoms with E-state index in [-0.39, 0.29) is 12.8 Å². The van der Waals surface area contributed by atoms with Gasteiger partial charge in [-0.3, -0.25) is 0 Å². The van der Waals surface area contributed by atoms with Gasteiger partial charge >= 0.3 is 0 Å². The molecular weight excluding hydrogens is 276 g/mol. The lowest BCUT2D eigenvalue weighted by Crippen LogP contribution is -2.48. The van der Waals surface area contributed by atoms with E-state index in [1.807, 2.05) is 18.2 Å². The highest BCUT2D eigenvalue weighted by atomic mass is 79.9. The van der Waals surface area contributed by atoms with Gasteiger partial charge in [0.1, 0.15) is 0 Å². The fraction of sp³-hybridized carbons (Fsp3) is 0.417. The second kappa shape index (κ2) is 3.81. The van der Waals surface area contributed by atoms with Crippen LogP contribution in [0.1, 0.15) is 24.0 Å². The summed E-state index contributed by atoms with van der Waals surface area (Å²) in [5.74, 6) is -2.68. The van der Waals surface area contributed by atoms with Crippen molar-refractivity contribution in [3.8, 4) is 6.07 Å². The summed E-state index contributed by atoms with van der Waals surface area (Å²) >= 11 is 3.31. The minimum Gasteiger partial charge on any atom is -0.207 e. The molecule has 0 saturated heterocycles. The Hall–Kier alpha value is -0.950. The van der Waals surface area contributed by atoms with E-state index in [1.54, 1.807) is 12.1 Å². The van der Waals surface area contributed by atoms with Gasteiger partial charge in [-0.1, -0.05) is 40.2 Å². The molecule has 1 nitrogen and oxygen atoms in total. The maximum atomic E-state index is 12.9. The molecule has 0 unspecified atom stereocenters. The van der Waals surface area contributed by atoms with E-state index in [9.17, 15) is 8.78 Å². The molecule has 1 aromatic rings. The molecule has 1 aliphatic carbocycles. The van der Waals surface area contributed by atoms with Gasteiger partial charge in [-0.15, -0.1) is 0 Å². The van der Waals surface area contributed by atoms with Crippen LogP contribution in [0.4, 0.5) is 8.78 Å². The maximum Gasteiger partial charge on any atom is 0.251 e. The van der Waals surface area contributed by atoms with Gasteiger partial charge in [-0.2, -0.15) is 5.26 Å². The summed E-state index contributed by atoms with van der Waals surface area (Å²) in [4.78, 5) is 0. The summed E-state index contributed by atoms with van der Waals surface area (Å²) in [7, 11) is 0. The Morgan fingerprint density at radius 2 is 1.81 bits per heavy atom. The highest BCUT2D eigenvalue weighted by Gasteiger charge is 2.57. The molecule has 1 aromatic carbocycles. The van der Waals surface area contributed by atoms with Crippen LogP contribution in [0.25, 0.3) is 0 Å². The second-order valence-electron chi connectivity index (χ2n) is 4.23. The SMILES string of the molecule is N#CC1(c2ccc(CBr)cc2)CC(F)(F)C1. The Kier molecular flexibility index (Phi) is 2.75. The Bertz CT molecular complexity index is 425. The van der Waals surface area contributed by atoms with E-state index in [2.05, 4.69) is 15.9 Å². The number of hydrogen-bond donors (Lipinski definition) is 0. The molecule has 0 amide bonds. The molecule has 1 aliphatic rings. The van der Waals surface area contributed by atoms with Crippen molar-refractivity contribution in [2.45, 2.75) is 29.5 Å². The zero-order valence-electron chi connectivity index (χ0n) is 8.51. The average molecular weight is 286 g/mol. The van der Waals surface area contributed by atoms with Gasteiger partial charge in [0.15, 0.2) is 0 Å². The molecule has 0 bridgehead atoms. The van der Waals surface area contributed by atoms with Crippen LogP contribution in [0, 0.1) is 11.3 Å². The first kappa shape index (κ1) is 11.5. The third-order valence-electron chi connectivity index (χ3n) is 3.00. The Balaban J connectivity index is 2.27. The Morgan fingerprint density at radius 1 is 1.25 bits per heavy atom. The lowest BCUT2D eigenvalue weighted by Gasteiger charge is -2.42. The van der Waals surface area contributed by atoms with Gasteiger partial charge in [0, 0.05) is 18.2 Å². The number of halogens is 3. The van der Waals surface area contributed by atoms with E-state index in [1.165, 1.54) is 0 Å². The van der Waals surface area contributed by atoms with Crippen molar-refractivity contribution in [3.05, 3.63) is 35.4 Å². The highest BCUT2D eigenvalue weighted by molar-refractivity contribution is 9.08. The molecule has 4 heteroatoms.